The van der Waals surface area contributed by atoms with Gasteiger partial charge < -0.3 is 9.15 Å². The van der Waals surface area contributed by atoms with E-state index in [0.717, 1.165) is 28.7 Å². The van der Waals surface area contributed by atoms with Crippen molar-refractivity contribution < 1.29 is 13.9 Å². The molecular weight excluding hydrogens is 254 g/mol. The fourth-order valence-electron chi connectivity index (χ4n) is 2.27. The van der Waals surface area contributed by atoms with Gasteiger partial charge in [0.1, 0.15) is 16.9 Å². The van der Waals surface area contributed by atoms with Crippen molar-refractivity contribution in [1.29, 1.82) is 0 Å². The molecule has 108 valence electrons. The number of hydrogen-bond donors (Lipinski definition) is 1. The fraction of sp³-hybridized carbons (Fsp3) is 0.438. The summed E-state index contributed by atoms with van der Waals surface area (Å²) >= 11 is 0. The number of aryl methyl sites for hydroxylation is 1. The van der Waals surface area contributed by atoms with Crippen molar-refractivity contribution in [3.05, 3.63) is 35.6 Å². The molecule has 0 atom stereocenters. The zero-order valence-corrected chi connectivity index (χ0v) is 12.4. The van der Waals surface area contributed by atoms with Crippen LogP contribution in [0.15, 0.2) is 28.7 Å². The Balaban J connectivity index is 2.27. The zero-order valence-electron chi connectivity index (χ0n) is 12.4. The third-order valence-electron chi connectivity index (χ3n) is 3.51. The average Bonchev–Trinajstić information content (AvgIpc) is 2.82. The molecule has 0 unspecified atom stereocenters. The summed E-state index contributed by atoms with van der Waals surface area (Å²) in [5.74, 6) is 0.683. The second kappa shape index (κ2) is 5.67. The molecule has 0 bridgehead atoms. The molecule has 4 heteroatoms. The van der Waals surface area contributed by atoms with E-state index in [-0.39, 0.29) is 5.97 Å². The standard InChI is InChI=1S/C16H21NO3/c1-5-13-12(10-17-16(2,3)15(18)19-4)11-8-6-7-9-14(11)20-13/h6-9,17H,5,10H2,1-4H3. The first-order chi connectivity index (χ1) is 9.49. The Morgan fingerprint density at radius 3 is 2.70 bits per heavy atom. The molecule has 1 N–H and O–H groups in total. The number of esters is 1. The van der Waals surface area contributed by atoms with Crippen molar-refractivity contribution in [1.82, 2.24) is 5.32 Å². The lowest BCUT2D eigenvalue weighted by molar-refractivity contribution is -0.147. The van der Waals surface area contributed by atoms with Crippen molar-refractivity contribution in [3.63, 3.8) is 0 Å². The summed E-state index contributed by atoms with van der Waals surface area (Å²) in [5, 5.41) is 4.34. The van der Waals surface area contributed by atoms with Gasteiger partial charge >= 0.3 is 5.97 Å². The van der Waals surface area contributed by atoms with Crippen LogP contribution in [0.3, 0.4) is 0 Å². The number of rotatable bonds is 5. The van der Waals surface area contributed by atoms with E-state index in [0.29, 0.717) is 6.54 Å². The molecule has 0 amide bonds. The van der Waals surface area contributed by atoms with Gasteiger partial charge in [0.25, 0.3) is 0 Å². The van der Waals surface area contributed by atoms with Crippen molar-refractivity contribution >= 4 is 16.9 Å². The van der Waals surface area contributed by atoms with Gasteiger partial charge in [-0.2, -0.15) is 0 Å². The normalized spacial score (nSPS) is 11.8. The molecule has 1 heterocycles. The molecule has 0 saturated carbocycles. The molecule has 20 heavy (non-hydrogen) atoms. The SMILES string of the molecule is CCc1oc2ccccc2c1CNC(C)(C)C(=O)OC. The largest absolute Gasteiger partial charge is 0.468 e. The highest BCUT2D eigenvalue weighted by Crippen LogP contribution is 2.26. The van der Waals surface area contributed by atoms with Crippen LogP contribution < -0.4 is 5.32 Å². The lowest BCUT2D eigenvalue weighted by Gasteiger charge is -2.23. The maximum atomic E-state index is 11.7. The first-order valence-corrected chi connectivity index (χ1v) is 6.82. The Kier molecular flexibility index (Phi) is 4.14. The van der Waals surface area contributed by atoms with Crippen molar-refractivity contribution in [2.75, 3.05) is 7.11 Å². The van der Waals surface area contributed by atoms with Crippen molar-refractivity contribution in [2.45, 2.75) is 39.3 Å². The molecule has 2 aromatic rings. The van der Waals surface area contributed by atoms with Gasteiger partial charge in [-0.25, -0.2) is 0 Å². The van der Waals surface area contributed by atoms with Gasteiger partial charge in [-0.05, 0) is 19.9 Å². The molecule has 0 fully saturated rings. The summed E-state index contributed by atoms with van der Waals surface area (Å²) in [7, 11) is 1.40. The number of nitrogens with one attached hydrogen (secondary N) is 1. The Morgan fingerprint density at radius 1 is 1.35 bits per heavy atom. The van der Waals surface area contributed by atoms with Gasteiger partial charge in [0.2, 0.25) is 0 Å². The Labute approximate surface area is 119 Å². The molecule has 2 rings (SSSR count). The average molecular weight is 275 g/mol. The quantitative estimate of drug-likeness (QED) is 0.852. The van der Waals surface area contributed by atoms with E-state index in [1.165, 1.54) is 7.11 Å². The Morgan fingerprint density at radius 2 is 2.05 bits per heavy atom. The van der Waals surface area contributed by atoms with Crippen LogP contribution in [0.2, 0.25) is 0 Å². The smallest absolute Gasteiger partial charge is 0.325 e. The van der Waals surface area contributed by atoms with Crippen LogP contribution in [0.4, 0.5) is 0 Å². The third-order valence-corrected chi connectivity index (χ3v) is 3.51. The molecule has 0 aliphatic rings. The lowest BCUT2D eigenvalue weighted by atomic mass is 10.0. The number of carbonyl (C=O) groups excluding carboxylic acids is 1. The maximum Gasteiger partial charge on any atom is 0.325 e. The second-order valence-electron chi connectivity index (χ2n) is 5.32. The molecule has 4 nitrogen and oxygen atoms in total. The van der Waals surface area contributed by atoms with E-state index < -0.39 is 5.54 Å². The summed E-state index contributed by atoms with van der Waals surface area (Å²) in [5.41, 5.74) is 1.27. The van der Waals surface area contributed by atoms with Crippen molar-refractivity contribution in [2.24, 2.45) is 0 Å². The summed E-state index contributed by atoms with van der Waals surface area (Å²) in [6.45, 7) is 6.26. The van der Waals surface area contributed by atoms with Gasteiger partial charge in [-0.15, -0.1) is 0 Å². The van der Waals surface area contributed by atoms with E-state index in [9.17, 15) is 4.79 Å². The fourth-order valence-corrected chi connectivity index (χ4v) is 2.27. The Hall–Kier alpha value is -1.81. The van der Waals surface area contributed by atoms with E-state index in [2.05, 4.69) is 12.2 Å². The third kappa shape index (κ3) is 2.70. The minimum atomic E-state index is -0.724. The molecule has 1 aromatic carbocycles. The summed E-state index contributed by atoms with van der Waals surface area (Å²) in [6.07, 6.45) is 0.824. The molecule has 0 radical (unpaired) electrons. The highest BCUT2D eigenvalue weighted by atomic mass is 16.5. The lowest BCUT2D eigenvalue weighted by Crippen LogP contribution is -2.47. The molecule has 0 spiro atoms. The zero-order chi connectivity index (χ0) is 14.8. The predicted molar refractivity (Wildman–Crippen MR) is 78.5 cm³/mol. The minimum absolute atomic E-state index is 0.275. The van der Waals surface area contributed by atoms with Gasteiger partial charge in [0, 0.05) is 23.9 Å². The highest BCUT2D eigenvalue weighted by molar-refractivity contribution is 5.83. The summed E-state index contributed by atoms with van der Waals surface area (Å²) < 4.78 is 10.6. The molecular formula is C16H21NO3. The first kappa shape index (κ1) is 14.6. The van der Waals surface area contributed by atoms with Gasteiger partial charge in [0.05, 0.1) is 7.11 Å². The van der Waals surface area contributed by atoms with Gasteiger partial charge in [0.15, 0.2) is 0 Å². The first-order valence-electron chi connectivity index (χ1n) is 6.82. The Bertz CT molecular complexity index is 613. The number of methoxy groups -OCH3 is 1. The van der Waals surface area contributed by atoms with E-state index in [1.807, 2.05) is 38.1 Å². The number of hydrogen-bond acceptors (Lipinski definition) is 4. The molecule has 0 saturated heterocycles. The highest BCUT2D eigenvalue weighted by Gasteiger charge is 2.28. The maximum absolute atomic E-state index is 11.7. The number of ether oxygens (including phenoxy) is 1. The van der Waals surface area contributed by atoms with Crippen LogP contribution >= 0.6 is 0 Å². The van der Waals surface area contributed by atoms with E-state index in [1.54, 1.807) is 0 Å². The van der Waals surface area contributed by atoms with Crippen LogP contribution in [0.1, 0.15) is 32.1 Å². The topological polar surface area (TPSA) is 51.5 Å². The minimum Gasteiger partial charge on any atom is -0.468 e. The van der Waals surface area contributed by atoms with Crippen molar-refractivity contribution in [3.8, 4) is 0 Å². The van der Waals surface area contributed by atoms with Crippen LogP contribution in [0.5, 0.6) is 0 Å². The van der Waals surface area contributed by atoms with E-state index in [4.69, 9.17) is 9.15 Å². The number of fused-ring (bicyclic) bond motifs is 1. The molecule has 0 aliphatic heterocycles. The van der Waals surface area contributed by atoms with Crippen LogP contribution in [-0.2, 0) is 22.5 Å². The number of furan rings is 1. The number of benzene rings is 1. The molecule has 0 aliphatic carbocycles. The van der Waals surface area contributed by atoms with Crippen LogP contribution in [0, 0.1) is 0 Å². The number of carbonyl (C=O) groups is 1. The monoisotopic (exact) mass is 275 g/mol. The summed E-state index contributed by atoms with van der Waals surface area (Å²) in [6, 6.07) is 7.96. The predicted octanol–water partition coefficient (Wildman–Crippen LogP) is 3.04. The van der Waals surface area contributed by atoms with Crippen LogP contribution in [-0.4, -0.2) is 18.6 Å². The van der Waals surface area contributed by atoms with Gasteiger partial charge in [-0.1, -0.05) is 25.1 Å². The second-order valence-corrected chi connectivity index (χ2v) is 5.32. The van der Waals surface area contributed by atoms with E-state index >= 15 is 0 Å². The van der Waals surface area contributed by atoms with Gasteiger partial charge in [-0.3, -0.25) is 10.1 Å². The van der Waals surface area contributed by atoms with Crippen LogP contribution in [0.25, 0.3) is 11.0 Å². The summed E-state index contributed by atoms with van der Waals surface area (Å²) in [4.78, 5) is 11.7. The molecule has 1 aromatic heterocycles. The number of para-hydroxylation sites is 1.